The summed E-state index contributed by atoms with van der Waals surface area (Å²) in [6.45, 7) is 0.404. The molecule has 1 rings (SSSR count). The molecule has 0 aliphatic carbocycles. The van der Waals surface area contributed by atoms with Crippen LogP contribution in [0.25, 0.3) is 0 Å². The average molecular weight is 133 g/mol. The summed E-state index contributed by atoms with van der Waals surface area (Å²) in [4.78, 5) is 3.69. The maximum absolute atomic E-state index is 8.77. The van der Waals surface area contributed by atoms with E-state index < -0.39 is 10.9 Å². The SMILES string of the molecule is OC1C=NCC(O)S1. The molecule has 8 heavy (non-hydrogen) atoms. The number of nitrogens with zero attached hydrogens (tertiary/aromatic N) is 1. The zero-order chi connectivity index (χ0) is 5.98. The lowest BCUT2D eigenvalue weighted by Gasteiger charge is -2.13. The van der Waals surface area contributed by atoms with Crippen molar-refractivity contribution >= 4 is 18.0 Å². The van der Waals surface area contributed by atoms with Crippen molar-refractivity contribution in [3.05, 3.63) is 0 Å². The molecule has 2 atom stereocenters. The Balaban J connectivity index is 2.42. The Morgan fingerprint density at radius 3 is 2.75 bits per heavy atom. The first-order valence-electron chi connectivity index (χ1n) is 2.30. The molecule has 1 heterocycles. The highest BCUT2D eigenvalue weighted by atomic mass is 32.2. The van der Waals surface area contributed by atoms with Crippen LogP contribution in [0, 0.1) is 0 Å². The molecule has 0 aromatic heterocycles. The molecule has 2 N–H and O–H groups in total. The van der Waals surface area contributed by atoms with E-state index in [1.807, 2.05) is 0 Å². The Hall–Kier alpha value is -0.0600. The predicted octanol–water partition coefficient (Wildman–Crippen LogP) is -0.559. The Labute approximate surface area is 51.4 Å². The topological polar surface area (TPSA) is 52.8 Å². The van der Waals surface area contributed by atoms with Gasteiger partial charge in [0.05, 0.1) is 6.54 Å². The minimum absolute atomic E-state index is 0.404. The molecule has 46 valence electrons. The van der Waals surface area contributed by atoms with Crippen molar-refractivity contribution in [2.45, 2.75) is 10.9 Å². The lowest BCUT2D eigenvalue weighted by atomic mass is 10.6. The first-order chi connectivity index (χ1) is 3.79. The fraction of sp³-hybridized carbons (Fsp3) is 0.750. The second-order valence-corrected chi connectivity index (χ2v) is 2.79. The lowest BCUT2D eigenvalue weighted by Crippen LogP contribution is -2.19. The molecule has 2 unspecified atom stereocenters. The van der Waals surface area contributed by atoms with E-state index in [0.29, 0.717) is 6.54 Å². The quantitative estimate of drug-likeness (QED) is 0.466. The minimum Gasteiger partial charge on any atom is -0.380 e. The maximum atomic E-state index is 8.77. The first-order valence-corrected chi connectivity index (χ1v) is 3.25. The molecule has 1 aliphatic rings. The molecular formula is C4H7NO2S. The summed E-state index contributed by atoms with van der Waals surface area (Å²) in [6, 6.07) is 0. The highest BCUT2D eigenvalue weighted by Crippen LogP contribution is 2.15. The van der Waals surface area contributed by atoms with Crippen LogP contribution in [-0.2, 0) is 0 Å². The molecule has 3 nitrogen and oxygen atoms in total. The van der Waals surface area contributed by atoms with Gasteiger partial charge in [-0.3, -0.25) is 4.99 Å². The number of thioether (sulfide) groups is 1. The lowest BCUT2D eigenvalue weighted by molar-refractivity contribution is 0.256. The Morgan fingerprint density at radius 1 is 1.62 bits per heavy atom. The number of aliphatic hydroxyl groups is 2. The molecule has 4 heteroatoms. The van der Waals surface area contributed by atoms with Crippen molar-refractivity contribution in [2.75, 3.05) is 6.54 Å². The summed E-state index contributed by atoms with van der Waals surface area (Å²) in [6.07, 6.45) is 1.43. The average Bonchev–Trinajstić information content (AvgIpc) is 1.64. The molecule has 0 spiro atoms. The van der Waals surface area contributed by atoms with Gasteiger partial charge in [0.15, 0.2) is 0 Å². The van der Waals surface area contributed by atoms with Gasteiger partial charge in [-0.2, -0.15) is 0 Å². The van der Waals surface area contributed by atoms with Crippen LogP contribution in [0.2, 0.25) is 0 Å². The van der Waals surface area contributed by atoms with E-state index in [9.17, 15) is 0 Å². The smallest absolute Gasteiger partial charge is 0.137 e. The van der Waals surface area contributed by atoms with Crippen LogP contribution >= 0.6 is 11.8 Å². The van der Waals surface area contributed by atoms with Crippen molar-refractivity contribution in [3.63, 3.8) is 0 Å². The van der Waals surface area contributed by atoms with Crippen LogP contribution in [0.4, 0.5) is 0 Å². The Kier molecular flexibility index (Phi) is 1.88. The van der Waals surface area contributed by atoms with Crippen molar-refractivity contribution in [2.24, 2.45) is 4.99 Å². The second kappa shape index (κ2) is 2.48. The van der Waals surface area contributed by atoms with Crippen LogP contribution in [-0.4, -0.2) is 33.8 Å². The van der Waals surface area contributed by atoms with Crippen molar-refractivity contribution in [1.29, 1.82) is 0 Å². The summed E-state index contributed by atoms with van der Waals surface area (Å²) in [7, 11) is 0. The third kappa shape index (κ3) is 1.47. The van der Waals surface area contributed by atoms with E-state index in [2.05, 4.69) is 4.99 Å². The van der Waals surface area contributed by atoms with Gasteiger partial charge in [0.2, 0.25) is 0 Å². The van der Waals surface area contributed by atoms with Crippen LogP contribution in [0.5, 0.6) is 0 Å². The Morgan fingerprint density at radius 2 is 2.38 bits per heavy atom. The number of rotatable bonds is 0. The van der Waals surface area contributed by atoms with E-state index in [1.54, 1.807) is 0 Å². The van der Waals surface area contributed by atoms with Crippen LogP contribution in [0.1, 0.15) is 0 Å². The summed E-state index contributed by atoms with van der Waals surface area (Å²) in [5, 5.41) is 17.5. The summed E-state index contributed by atoms with van der Waals surface area (Å²) >= 11 is 1.10. The van der Waals surface area contributed by atoms with Gasteiger partial charge in [-0.1, -0.05) is 11.8 Å². The molecule has 0 aromatic rings. The van der Waals surface area contributed by atoms with Crippen LogP contribution in [0.15, 0.2) is 4.99 Å². The van der Waals surface area contributed by atoms with E-state index in [-0.39, 0.29) is 0 Å². The van der Waals surface area contributed by atoms with Gasteiger partial charge in [-0.05, 0) is 0 Å². The molecular weight excluding hydrogens is 126 g/mol. The van der Waals surface area contributed by atoms with E-state index in [4.69, 9.17) is 10.2 Å². The van der Waals surface area contributed by atoms with Crippen LogP contribution < -0.4 is 0 Å². The van der Waals surface area contributed by atoms with Crippen LogP contribution in [0.3, 0.4) is 0 Å². The number of aliphatic hydroxyl groups excluding tert-OH is 2. The molecule has 0 radical (unpaired) electrons. The fourth-order valence-electron chi connectivity index (χ4n) is 0.480. The zero-order valence-corrected chi connectivity index (χ0v) is 5.01. The number of aliphatic imine (C=N–C) groups is 1. The van der Waals surface area contributed by atoms with Gasteiger partial charge in [0.25, 0.3) is 0 Å². The summed E-state index contributed by atoms with van der Waals surface area (Å²) in [5.74, 6) is 0. The van der Waals surface area contributed by atoms with Crippen molar-refractivity contribution < 1.29 is 10.2 Å². The first kappa shape index (κ1) is 6.07. The van der Waals surface area contributed by atoms with Gasteiger partial charge in [-0.15, -0.1) is 0 Å². The van der Waals surface area contributed by atoms with Gasteiger partial charge in [0.1, 0.15) is 10.9 Å². The molecule has 0 aromatic carbocycles. The molecule has 0 bridgehead atoms. The highest BCUT2D eigenvalue weighted by molar-refractivity contribution is 8.00. The summed E-state index contributed by atoms with van der Waals surface area (Å²) in [5.41, 5.74) is -1.13. The van der Waals surface area contributed by atoms with Gasteiger partial charge >= 0.3 is 0 Å². The van der Waals surface area contributed by atoms with E-state index in [0.717, 1.165) is 11.8 Å². The van der Waals surface area contributed by atoms with Gasteiger partial charge < -0.3 is 10.2 Å². The number of hydrogen-bond donors (Lipinski definition) is 2. The Bertz CT molecular complexity index is 106. The van der Waals surface area contributed by atoms with E-state index in [1.165, 1.54) is 6.21 Å². The predicted molar refractivity (Wildman–Crippen MR) is 33.0 cm³/mol. The van der Waals surface area contributed by atoms with Gasteiger partial charge in [0, 0.05) is 6.21 Å². The van der Waals surface area contributed by atoms with Crippen molar-refractivity contribution in [1.82, 2.24) is 0 Å². The van der Waals surface area contributed by atoms with E-state index >= 15 is 0 Å². The third-order valence-electron chi connectivity index (χ3n) is 0.791. The molecule has 0 fully saturated rings. The largest absolute Gasteiger partial charge is 0.380 e. The minimum atomic E-state index is -0.612. The normalized spacial score (nSPS) is 37.8. The highest BCUT2D eigenvalue weighted by Gasteiger charge is 2.13. The molecule has 0 saturated heterocycles. The molecule has 0 amide bonds. The maximum Gasteiger partial charge on any atom is 0.137 e. The summed E-state index contributed by atoms with van der Waals surface area (Å²) < 4.78 is 0. The molecule has 0 saturated carbocycles. The zero-order valence-electron chi connectivity index (χ0n) is 4.19. The molecule has 1 aliphatic heterocycles. The standard InChI is InChI=1S/C4H7NO2S/c6-3-1-5-2-4(7)8-3/h1,3-4,6-7H,2H2. The third-order valence-corrected chi connectivity index (χ3v) is 1.65. The van der Waals surface area contributed by atoms with Crippen molar-refractivity contribution in [3.8, 4) is 0 Å². The van der Waals surface area contributed by atoms with Gasteiger partial charge in [-0.25, -0.2) is 0 Å². The monoisotopic (exact) mass is 133 g/mol. The number of hydrogen-bond acceptors (Lipinski definition) is 4. The fourth-order valence-corrected chi connectivity index (χ4v) is 1.13. The second-order valence-electron chi connectivity index (χ2n) is 1.50.